The zero-order valence-electron chi connectivity index (χ0n) is 45.1. The number of carbonyl (C=O) groups excluding carboxylic acids is 2. The third-order valence-corrected chi connectivity index (χ3v) is 12.4. The summed E-state index contributed by atoms with van der Waals surface area (Å²) in [5, 5.41) is 0. The molecule has 68 heavy (non-hydrogen) atoms. The van der Waals surface area contributed by atoms with E-state index in [1.54, 1.807) is 0 Å². The van der Waals surface area contributed by atoms with Crippen LogP contribution in [0, 0.1) is 0 Å². The van der Waals surface area contributed by atoms with E-state index in [0.717, 1.165) is 89.9 Å². The average molecular weight is 948 g/mol. The summed E-state index contributed by atoms with van der Waals surface area (Å²) in [6, 6.07) is 0. The minimum absolute atomic E-state index is 0.0675. The molecule has 5 nitrogen and oxygen atoms in total. The maximum absolute atomic E-state index is 12.9. The molecule has 0 heterocycles. The van der Waals surface area contributed by atoms with E-state index in [9.17, 15) is 9.59 Å². The molecular formula is C63H110O5. The third kappa shape index (κ3) is 55.7. The van der Waals surface area contributed by atoms with Crippen molar-refractivity contribution in [1.29, 1.82) is 0 Å². The fourth-order valence-electron chi connectivity index (χ4n) is 8.06. The van der Waals surface area contributed by atoms with E-state index < -0.39 is 6.10 Å². The highest BCUT2D eigenvalue weighted by Gasteiger charge is 2.17. The van der Waals surface area contributed by atoms with Crippen molar-refractivity contribution in [3.05, 3.63) is 85.1 Å². The SMILES string of the molecule is CC/C=C\C/C=C\C/C=C\C/C=C\CCCCCCC(=O)OC(COCCCCCCCC/C=C\C/C=C\CCCCC)COC(=O)CCCCCCCCCCC/C=C\CCCCCCCC. The Balaban J connectivity index is 4.33. The number of rotatable bonds is 53. The summed E-state index contributed by atoms with van der Waals surface area (Å²) in [6.45, 7) is 7.66. The van der Waals surface area contributed by atoms with Crippen LogP contribution in [0.5, 0.6) is 0 Å². The third-order valence-electron chi connectivity index (χ3n) is 12.4. The molecule has 0 saturated carbocycles. The average Bonchev–Trinajstić information content (AvgIpc) is 3.34. The second-order valence-corrected chi connectivity index (χ2v) is 19.2. The van der Waals surface area contributed by atoms with Gasteiger partial charge in [-0.15, -0.1) is 0 Å². The zero-order chi connectivity index (χ0) is 49.2. The standard InChI is InChI=1S/C63H110O5/c1-4-7-10-13-16-19-22-25-28-31-32-34-35-38-41-44-47-50-53-56-62(64)67-60-61(59-66-58-55-52-49-46-43-40-37-30-27-24-21-18-15-12-9-6-3)68-63(65)57-54-51-48-45-42-39-36-33-29-26-23-20-17-14-11-8-5-2/h8,11,17-18,20-21,25-30,36,39,61H,4-7,9-10,12-16,19,22-24,31-35,37-38,40-60H2,1-3H3/b11-8-,20-17-,21-18-,28-25-,29-26-,30-27-,39-36-. The predicted octanol–water partition coefficient (Wildman–Crippen LogP) is 20.0. The minimum Gasteiger partial charge on any atom is -0.462 e. The first-order chi connectivity index (χ1) is 33.6. The summed E-state index contributed by atoms with van der Waals surface area (Å²) in [5.41, 5.74) is 0. The highest BCUT2D eigenvalue weighted by Crippen LogP contribution is 2.15. The fourth-order valence-corrected chi connectivity index (χ4v) is 8.06. The quantitative estimate of drug-likeness (QED) is 0.0345. The molecule has 0 fully saturated rings. The Morgan fingerprint density at radius 3 is 1.10 bits per heavy atom. The van der Waals surface area contributed by atoms with E-state index in [-0.39, 0.29) is 25.2 Å². The molecule has 0 rings (SSSR count). The molecule has 0 amide bonds. The molecule has 0 radical (unpaired) electrons. The van der Waals surface area contributed by atoms with Crippen LogP contribution in [0.3, 0.4) is 0 Å². The molecule has 392 valence electrons. The molecule has 1 atom stereocenters. The summed E-state index contributed by atoms with van der Waals surface area (Å²) >= 11 is 0. The summed E-state index contributed by atoms with van der Waals surface area (Å²) in [6.07, 6.45) is 77.4. The van der Waals surface area contributed by atoms with Crippen LogP contribution >= 0.6 is 0 Å². The lowest BCUT2D eigenvalue weighted by Gasteiger charge is -2.18. The van der Waals surface area contributed by atoms with Crippen molar-refractivity contribution in [2.45, 2.75) is 284 Å². The number of allylic oxidation sites excluding steroid dienone is 14. The summed E-state index contributed by atoms with van der Waals surface area (Å²) < 4.78 is 17.5. The molecule has 0 aliphatic carbocycles. The van der Waals surface area contributed by atoms with Crippen molar-refractivity contribution < 1.29 is 23.8 Å². The van der Waals surface area contributed by atoms with Crippen molar-refractivity contribution in [3.8, 4) is 0 Å². The minimum atomic E-state index is -0.560. The molecule has 0 aromatic rings. The van der Waals surface area contributed by atoms with Crippen molar-refractivity contribution in [1.82, 2.24) is 0 Å². The lowest BCUT2D eigenvalue weighted by atomic mass is 10.1. The topological polar surface area (TPSA) is 61.8 Å². The molecule has 0 aliphatic rings. The van der Waals surface area contributed by atoms with E-state index in [4.69, 9.17) is 14.2 Å². The van der Waals surface area contributed by atoms with Gasteiger partial charge in [0.05, 0.1) is 6.61 Å². The number of ether oxygens (including phenoxy) is 3. The molecular weight excluding hydrogens is 837 g/mol. The number of unbranched alkanes of at least 4 members (excludes halogenated alkanes) is 28. The van der Waals surface area contributed by atoms with Gasteiger partial charge >= 0.3 is 11.9 Å². The van der Waals surface area contributed by atoms with E-state index in [1.807, 2.05) is 0 Å². The van der Waals surface area contributed by atoms with Crippen molar-refractivity contribution in [2.24, 2.45) is 0 Å². The first-order valence-corrected chi connectivity index (χ1v) is 29.1. The van der Waals surface area contributed by atoms with E-state index in [2.05, 4.69) is 106 Å². The van der Waals surface area contributed by atoms with Crippen LogP contribution in [-0.4, -0.2) is 37.9 Å². The summed E-state index contributed by atoms with van der Waals surface area (Å²) in [4.78, 5) is 25.5. The maximum atomic E-state index is 12.9. The van der Waals surface area contributed by atoms with E-state index >= 15 is 0 Å². The highest BCUT2D eigenvalue weighted by atomic mass is 16.6. The Bertz CT molecular complexity index is 1250. The number of carbonyl (C=O) groups is 2. The number of esters is 2. The lowest BCUT2D eigenvalue weighted by molar-refractivity contribution is -0.163. The Kier molecular flexibility index (Phi) is 55.9. The molecule has 0 aromatic carbocycles. The first kappa shape index (κ1) is 65.1. The molecule has 0 saturated heterocycles. The van der Waals surface area contributed by atoms with Crippen LogP contribution in [0.1, 0.15) is 278 Å². The van der Waals surface area contributed by atoms with Gasteiger partial charge in [0.1, 0.15) is 6.61 Å². The molecule has 5 heteroatoms. The Hall–Kier alpha value is -2.92. The Morgan fingerprint density at radius 1 is 0.338 bits per heavy atom. The van der Waals surface area contributed by atoms with Gasteiger partial charge in [-0.3, -0.25) is 9.59 Å². The second-order valence-electron chi connectivity index (χ2n) is 19.2. The van der Waals surface area contributed by atoms with Gasteiger partial charge in [-0.05, 0) is 116 Å². The molecule has 0 bridgehead atoms. The molecule has 1 unspecified atom stereocenters. The lowest BCUT2D eigenvalue weighted by Crippen LogP contribution is -2.30. The van der Waals surface area contributed by atoms with E-state index in [1.165, 1.54) is 154 Å². The highest BCUT2D eigenvalue weighted by molar-refractivity contribution is 5.70. The van der Waals surface area contributed by atoms with Gasteiger partial charge < -0.3 is 14.2 Å². The fraction of sp³-hybridized carbons (Fsp3) is 0.746. The van der Waals surface area contributed by atoms with Crippen LogP contribution in [0.4, 0.5) is 0 Å². The van der Waals surface area contributed by atoms with Gasteiger partial charge in [0, 0.05) is 19.4 Å². The van der Waals surface area contributed by atoms with Crippen molar-refractivity contribution in [2.75, 3.05) is 19.8 Å². The van der Waals surface area contributed by atoms with Crippen LogP contribution in [0.15, 0.2) is 85.1 Å². The second kappa shape index (κ2) is 58.4. The van der Waals surface area contributed by atoms with Gasteiger partial charge in [-0.1, -0.05) is 234 Å². The van der Waals surface area contributed by atoms with Crippen molar-refractivity contribution >= 4 is 11.9 Å². The van der Waals surface area contributed by atoms with Gasteiger partial charge in [-0.25, -0.2) is 0 Å². The maximum Gasteiger partial charge on any atom is 0.306 e. The molecule has 0 aliphatic heterocycles. The molecule has 0 spiro atoms. The summed E-state index contributed by atoms with van der Waals surface area (Å²) in [5.74, 6) is -0.427. The van der Waals surface area contributed by atoms with E-state index in [0.29, 0.717) is 19.4 Å². The Labute approximate surface area is 422 Å². The van der Waals surface area contributed by atoms with Crippen LogP contribution in [-0.2, 0) is 23.8 Å². The molecule has 0 aromatic heterocycles. The van der Waals surface area contributed by atoms with Gasteiger partial charge in [0.2, 0.25) is 0 Å². The van der Waals surface area contributed by atoms with Gasteiger partial charge in [0.25, 0.3) is 0 Å². The number of hydrogen-bond donors (Lipinski definition) is 0. The van der Waals surface area contributed by atoms with Crippen LogP contribution in [0.25, 0.3) is 0 Å². The Morgan fingerprint density at radius 2 is 0.662 bits per heavy atom. The van der Waals surface area contributed by atoms with Crippen molar-refractivity contribution in [3.63, 3.8) is 0 Å². The molecule has 0 N–H and O–H groups in total. The largest absolute Gasteiger partial charge is 0.462 e. The summed E-state index contributed by atoms with van der Waals surface area (Å²) in [7, 11) is 0. The normalized spacial score (nSPS) is 12.8. The van der Waals surface area contributed by atoms with Crippen LogP contribution in [0.2, 0.25) is 0 Å². The smallest absolute Gasteiger partial charge is 0.306 e. The first-order valence-electron chi connectivity index (χ1n) is 29.1. The predicted molar refractivity (Wildman–Crippen MR) is 297 cm³/mol. The number of hydrogen-bond acceptors (Lipinski definition) is 5. The monoisotopic (exact) mass is 947 g/mol. The van der Waals surface area contributed by atoms with Crippen LogP contribution < -0.4 is 0 Å². The zero-order valence-corrected chi connectivity index (χ0v) is 45.1. The van der Waals surface area contributed by atoms with Gasteiger partial charge in [-0.2, -0.15) is 0 Å². The van der Waals surface area contributed by atoms with Gasteiger partial charge in [0.15, 0.2) is 6.10 Å².